The number of hydrogen-bond acceptors (Lipinski definition) is 2. The van der Waals surface area contributed by atoms with Crippen molar-refractivity contribution < 1.29 is 9.13 Å². The molecule has 5 heteroatoms. The first kappa shape index (κ1) is 14.8. The number of hydrogen-bond donors (Lipinski definition) is 0. The van der Waals surface area contributed by atoms with Gasteiger partial charge in [-0.05, 0) is 47.5 Å². The quantitative estimate of drug-likeness (QED) is 0.740. The predicted octanol–water partition coefficient (Wildman–Crippen LogP) is 4.78. The molecular formula is C15H10BrClFNO. The molecular weight excluding hydrogens is 345 g/mol. The van der Waals surface area contributed by atoms with E-state index < -0.39 is 5.82 Å². The van der Waals surface area contributed by atoms with Gasteiger partial charge in [0.1, 0.15) is 18.2 Å². The van der Waals surface area contributed by atoms with E-state index in [1.807, 2.05) is 18.2 Å². The molecule has 0 N–H and O–H groups in total. The van der Waals surface area contributed by atoms with E-state index in [-0.39, 0.29) is 12.2 Å². The summed E-state index contributed by atoms with van der Waals surface area (Å²) in [6, 6.07) is 11.5. The molecule has 0 saturated heterocycles. The van der Waals surface area contributed by atoms with Crippen LogP contribution in [0.2, 0.25) is 0 Å². The van der Waals surface area contributed by atoms with Crippen LogP contribution in [-0.4, -0.2) is 0 Å². The molecule has 2 aromatic carbocycles. The Hall–Kier alpha value is -1.57. The number of rotatable bonds is 4. The highest BCUT2D eigenvalue weighted by Gasteiger charge is 2.04. The molecule has 0 unspecified atom stereocenters. The van der Waals surface area contributed by atoms with Crippen molar-refractivity contribution in [2.24, 2.45) is 0 Å². The van der Waals surface area contributed by atoms with E-state index in [2.05, 4.69) is 15.9 Å². The molecule has 0 aliphatic carbocycles. The summed E-state index contributed by atoms with van der Waals surface area (Å²) in [6.45, 7) is 0.190. The Bertz CT molecular complexity index is 669. The molecule has 0 atom stereocenters. The van der Waals surface area contributed by atoms with Gasteiger partial charge in [0.05, 0.1) is 11.6 Å². The van der Waals surface area contributed by atoms with Crippen molar-refractivity contribution in [1.29, 1.82) is 5.26 Å². The predicted molar refractivity (Wildman–Crippen MR) is 79.1 cm³/mol. The van der Waals surface area contributed by atoms with E-state index >= 15 is 0 Å². The number of halogens is 3. The zero-order valence-corrected chi connectivity index (χ0v) is 12.7. The van der Waals surface area contributed by atoms with Crippen LogP contribution < -0.4 is 4.74 Å². The first-order valence-corrected chi connectivity index (χ1v) is 7.12. The molecule has 0 aromatic heterocycles. The van der Waals surface area contributed by atoms with E-state index in [9.17, 15) is 4.39 Å². The molecule has 2 rings (SSSR count). The smallest absolute Gasteiger partial charge is 0.124 e. The summed E-state index contributed by atoms with van der Waals surface area (Å²) in [5.74, 6) is 0.572. The van der Waals surface area contributed by atoms with Gasteiger partial charge >= 0.3 is 0 Å². The third-order valence-electron chi connectivity index (χ3n) is 2.65. The Balaban J connectivity index is 2.13. The second-order valence-corrected chi connectivity index (χ2v) is 5.26. The van der Waals surface area contributed by atoms with E-state index in [0.717, 1.165) is 10.0 Å². The summed E-state index contributed by atoms with van der Waals surface area (Å²) in [4.78, 5) is 0. The van der Waals surface area contributed by atoms with Crippen molar-refractivity contribution >= 4 is 27.5 Å². The molecule has 0 aliphatic rings. The van der Waals surface area contributed by atoms with Crippen LogP contribution in [0.25, 0.3) is 0 Å². The van der Waals surface area contributed by atoms with Crippen LogP contribution in [0.15, 0.2) is 40.9 Å². The SMILES string of the molecule is N#Cc1cc(F)cc(COc2ccc(Br)c(CCl)c2)c1. The molecule has 0 spiro atoms. The molecule has 0 heterocycles. The lowest BCUT2D eigenvalue weighted by Gasteiger charge is -2.09. The summed E-state index contributed by atoms with van der Waals surface area (Å²) >= 11 is 9.20. The third-order valence-corrected chi connectivity index (χ3v) is 3.71. The van der Waals surface area contributed by atoms with Gasteiger partial charge in [-0.15, -0.1) is 11.6 Å². The molecule has 0 bridgehead atoms. The third kappa shape index (κ3) is 3.72. The van der Waals surface area contributed by atoms with Gasteiger partial charge in [0.15, 0.2) is 0 Å². The van der Waals surface area contributed by atoms with Crippen molar-refractivity contribution in [1.82, 2.24) is 0 Å². The molecule has 2 aromatic rings. The maximum Gasteiger partial charge on any atom is 0.124 e. The highest BCUT2D eigenvalue weighted by Crippen LogP contribution is 2.24. The summed E-state index contributed by atoms with van der Waals surface area (Å²) in [6.07, 6.45) is 0. The molecule has 102 valence electrons. The lowest BCUT2D eigenvalue weighted by molar-refractivity contribution is 0.305. The second kappa shape index (κ2) is 6.74. The number of nitriles is 1. The maximum absolute atomic E-state index is 13.3. The maximum atomic E-state index is 13.3. The van der Waals surface area contributed by atoms with Gasteiger partial charge in [-0.2, -0.15) is 5.26 Å². The highest BCUT2D eigenvalue weighted by atomic mass is 79.9. The van der Waals surface area contributed by atoms with Crippen molar-refractivity contribution in [3.63, 3.8) is 0 Å². The lowest BCUT2D eigenvalue weighted by Crippen LogP contribution is -1.97. The van der Waals surface area contributed by atoms with E-state index in [1.165, 1.54) is 12.1 Å². The normalized spacial score (nSPS) is 10.1. The van der Waals surface area contributed by atoms with Crippen LogP contribution in [0, 0.1) is 17.1 Å². The molecule has 0 aliphatic heterocycles. The van der Waals surface area contributed by atoms with Crippen LogP contribution >= 0.6 is 27.5 Å². The standard InChI is InChI=1S/C15H10BrClFNO/c16-15-2-1-14(6-12(15)7-17)20-9-11-3-10(8-19)4-13(18)5-11/h1-6H,7,9H2. The summed E-state index contributed by atoms with van der Waals surface area (Å²) < 4.78 is 19.8. The molecule has 0 fully saturated rings. The zero-order valence-electron chi connectivity index (χ0n) is 10.4. The zero-order chi connectivity index (χ0) is 14.5. The van der Waals surface area contributed by atoms with Crippen molar-refractivity contribution in [2.75, 3.05) is 0 Å². The highest BCUT2D eigenvalue weighted by molar-refractivity contribution is 9.10. The van der Waals surface area contributed by atoms with Gasteiger partial charge in [0.2, 0.25) is 0 Å². The Kier molecular flexibility index (Phi) is 4.99. The second-order valence-electron chi connectivity index (χ2n) is 4.14. The van der Waals surface area contributed by atoms with Gasteiger partial charge in [-0.1, -0.05) is 15.9 Å². The van der Waals surface area contributed by atoms with Gasteiger partial charge in [0.25, 0.3) is 0 Å². The first-order valence-electron chi connectivity index (χ1n) is 5.79. The molecule has 0 amide bonds. The number of benzene rings is 2. The largest absolute Gasteiger partial charge is 0.489 e. The molecule has 20 heavy (non-hydrogen) atoms. The van der Waals surface area contributed by atoms with E-state index in [0.29, 0.717) is 17.2 Å². The van der Waals surface area contributed by atoms with Crippen LogP contribution in [0.1, 0.15) is 16.7 Å². The van der Waals surface area contributed by atoms with Crippen LogP contribution in [0.3, 0.4) is 0 Å². The Labute approximate surface area is 129 Å². The summed E-state index contributed by atoms with van der Waals surface area (Å²) in [7, 11) is 0. The fraction of sp³-hybridized carbons (Fsp3) is 0.133. The molecule has 2 nitrogen and oxygen atoms in total. The summed E-state index contributed by atoms with van der Waals surface area (Å²) in [5, 5.41) is 8.79. The topological polar surface area (TPSA) is 33.0 Å². The fourth-order valence-electron chi connectivity index (χ4n) is 1.71. The van der Waals surface area contributed by atoms with Gasteiger partial charge in [-0.25, -0.2) is 4.39 Å². The van der Waals surface area contributed by atoms with E-state index in [4.69, 9.17) is 21.6 Å². The fourth-order valence-corrected chi connectivity index (χ4v) is 2.48. The average molecular weight is 355 g/mol. The number of ether oxygens (including phenoxy) is 1. The van der Waals surface area contributed by atoms with Crippen molar-refractivity contribution in [3.05, 3.63) is 63.4 Å². The minimum atomic E-state index is -0.445. The Morgan fingerprint density at radius 1 is 1.25 bits per heavy atom. The van der Waals surface area contributed by atoms with Gasteiger partial charge in [-0.3, -0.25) is 0 Å². The Morgan fingerprint density at radius 3 is 2.75 bits per heavy atom. The first-order chi connectivity index (χ1) is 9.62. The monoisotopic (exact) mass is 353 g/mol. The van der Waals surface area contributed by atoms with Gasteiger partial charge in [0, 0.05) is 10.4 Å². The number of nitrogens with zero attached hydrogens (tertiary/aromatic N) is 1. The number of alkyl halides is 1. The summed E-state index contributed by atoms with van der Waals surface area (Å²) in [5.41, 5.74) is 1.80. The minimum Gasteiger partial charge on any atom is -0.489 e. The van der Waals surface area contributed by atoms with E-state index in [1.54, 1.807) is 12.1 Å². The van der Waals surface area contributed by atoms with Crippen LogP contribution in [-0.2, 0) is 12.5 Å². The average Bonchev–Trinajstić information content (AvgIpc) is 2.45. The van der Waals surface area contributed by atoms with Crippen molar-refractivity contribution in [3.8, 4) is 11.8 Å². The van der Waals surface area contributed by atoms with Crippen LogP contribution in [0.4, 0.5) is 4.39 Å². The van der Waals surface area contributed by atoms with Gasteiger partial charge < -0.3 is 4.74 Å². The Morgan fingerprint density at radius 2 is 2.05 bits per heavy atom. The molecule has 0 saturated carbocycles. The van der Waals surface area contributed by atoms with Crippen LogP contribution in [0.5, 0.6) is 5.75 Å². The molecule has 0 radical (unpaired) electrons. The minimum absolute atomic E-state index is 0.190. The lowest BCUT2D eigenvalue weighted by atomic mass is 10.1. The van der Waals surface area contributed by atoms with Crippen molar-refractivity contribution in [2.45, 2.75) is 12.5 Å².